The Balaban J connectivity index is 1.58. The van der Waals surface area contributed by atoms with Crippen LogP contribution in [0.15, 0.2) is 34.1 Å². The Morgan fingerprint density at radius 2 is 1.50 bits per heavy atom. The Bertz CT molecular complexity index is 889. The highest BCUT2D eigenvalue weighted by Crippen LogP contribution is 2.61. The van der Waals surface area contributed by atoms with Crippen LogP contribution in [-0.2, 0) is 20.0 Å². The Morgan fingerprint density at radius 3 is 2.00 bits per heavy atom. The van der Waals surface area contributed by atoms with Gasteiger partial charge in [0.2, 0.25) is 20.0 Å². The van der Waals surface area contributed by atoms with Gasteiger partial charge in [-0.25, -0.2) is 26.7 Å². The van der Waals surface area contributed by atoms with Crippen molar-refractivity contribution in [3.8, 4) is 0 Å². The van der Waals surface area contributed by atoms with Gasteiger partial charge in [-0.15, -0.1) is 0 Å². The van der Waals surface area contributed by atoms with Gasteiger partial charge in [0.25, 0.3) is 0 Å². The van der Waals surface area contributed by atoms with E-state index in [1.807, 2.05) is 6.92 Å². The molecular formula is C18H26N2O4S2. The van der Waals surface area contributed by atoms with Crippen LogP contribution in [0, 0.1) is 23.2 Å². The lowest BCUT2D eigenvalue weighted by Gasteiger charge is -2.59. The lowest BCUT2D eigenvalue weighted by molar-refractivity contribution is -0.0666. The Labute approximate surface area is 155 Å². The highest BCUT2D eigenvalue weighted by molar-refractivity contribution is 7.90. The van der Waals surface area contributed by atoms with Crippen LogP contribution in [0.5, 0.6) is 0 Å². The average Bonchev–Trinajstić information content (AvgIpc) is 2.52. The molecule has 8 heteroatoms. The van der Waals surface area contributed by atoms with E-state index >= 15 is 0 Å². The van der Waals surface area contributed by atoms with Crippen molar-refractivity contribution in [2.45, 2.75) is 61.3 Å². The molecule has 4 fully saturated rings. The zero-order valence-corrected chi connectivity index (χ0v) is 16.5. The van der Waals surface area contributed by atoms with Crippen molar-refractivity contribution < 1.29 is 16.8 Å². The van der Waals surface area contributed by atoms with Crippen LogP contribution < -0.4 is 9.86 Å². The molecule has 3 N–H and O–H groups in total. The van der Waals surface area contributed by atoms with Crippen molar-refractivity contribution in [3.63, 3.8) is 0 Å². The highest BCUT2D eigenvalue weighted by Gasteiger charge is 2.53. The number of hydrogen-bond acceptors (Lipinski definition) is 4. The summed E-state index contributed by atoms with van der Waals surface area (Å²) in [6.07, 6.45) is 7.19. The van der Waals surface area contributed by atoms with Crippen LogP contribution in [0.25, 0.3) is 0 Å². The molecule has 1 aromatic carbocycles. The summed E-state index contributed by atoms with van der Waals surface area (Å²) in [7, 11) is -7.75. The maximum atomic E-state index is 12.9. The minimum atomic E-state index is -3.94. The van der Waals surface area contributed by atoms with Gasteiger partial charge in [-0.3, -0.25) is 0 Å². The van der Waals surface area contributed by atoms with E-state index in [0.29, 0.717) is 0 Å². The first-order valence-electron chi connectivity index (χ1n) is 9.23. The molecule has 144 valence electrons. The van der Waals surface area contributed by atoms with Gasteiger partial charge in [0.1, 0.15) is 0 Å². The van der Waals surface area contributed by atoms with Gasteiger partial charge in [0, 0.05) is 6.04 Å². The number of rotatable bonds is 5. The second-order valence-electron chi connectivity index (χ2n) is 8.64. The summed E-state index contributed by atoms with van der Waals surface area (Å²) in [4.78, 5) is -0.247. The van der Waals surface area contributed by atoms with E-state index in [-0.39, 0.29) is 21.2 Å². The molecule has 0 heterocycles. The van der Waals surface area contributed by atoms with Gasteiger partial charge in [0.15, 0.2) is 0 Å². The molecule has 5 rings (SSSR count). The van der Waals surface area contributed by atoms with Crippen LogP contribution in [0.4, 0.5) is 0 Å². The minimum absolute atomic E-state index is 0.0410. The molecule has 4 aliphatic carbocycles. The van der Waals surface area contributed by atoms with Gasteiger partial charge < -0.3 is 0 Å². The normalized spacial score (nSPS) is 34.8. The summed E-state index contributed by atoms with van der Waals surface area (Å²) in [5, 5.41) is 5.13. The van der Waals surface area contributed by atoms with Crippen molar-refractivity contribution in [1.82, 2.24) is 4.72 Å². The van der Waals surface area contributed by atoms with E-state index in [4.69, 9.17) is 5.14 Å². The second-order valence-corrected chi connectivity index (χ2v) is 11.9. The number of primary sulfonamides is 1. The standard InChI is InChI=1S/C18H26N2O4S2/c1-12(18-9-13-5-14(10-18)7-15(6-13)11-18)20-26(23,24)17-4-2-3-16(8-17)25(19,21)22/h2-4,8,12-15,20H,5-7,9-11H2,1H3,(H2,19,21,22). The summed E-state index contributed by atoms with van der Waals surface area (Å²) >= 11 is 0. The van der Waals surface area contributed by atoms with Gasteiger partial charge in [-0.2, -0.15) is 0 Å². The summed E-state index contributed by atoms with van der Waals surface area (Å²) in [5.74, 6) is 2.21. The lowest BCUT2D eigenvalue weighted by Crippen LogP contribution is -2.55. The summed E-state index contributed by atoms with van der Waals surface area (Å²) in [6.45, 7) is 1.97. The fraction of sp³-hybridized carbons (Fsp3) is 0.667. The molecule has 0 spiro atoms. The second kappa shape index (κ2) is 6.02. The van der Waals surface area contributed by atoms with Crippen LogP contribution >= 0.6 is 0 Å². The fourth-order valence-corrected chi connectivity index (χ4v) is 7.98. The quantitative estimate of drug-likeness (QED) is 0.793. The molecular weight excluding hydrogens is 372 g/mol. The lowest BCUT2D eigenvalue weighted by atomic mass is 9.48. The summed E-state index contributed by atoms with van der Waals surface area (Å²) in [5.41, 5.74) is 0.0410. The van der Waals surface area contributed by atoms with E-state index in [1.165, 1.54) is 37.5 Å². The van der Waals surface area contributed by atoms with Gasteiger partial charge in [-0.1, -0.05) is 6.07 Å². The Morgan fingerprint density at radius 1 is 1.00 bits per heavy atom. The number of sulfonamides is 2. The fourth-order valence-electron chi connectivity index (χ4n) is 5.95. The molecule has 4 bridgehead atoms. The summed E-state index contributed by atoms with van der Waals surface area (Å²) < 4.78 is 51.6. The first-order chi connectivity index (χ1) is 12.1. The Hall–Kier alpha value is -0.960. The largest absolute Gasteiger partial charge is 0.240 e. The molecule has 26 heavy (non-hydrogen) atoms. The highest BCUT2D eigenvalue weighted by atomic mass is 32.2. The van der Waals surface area contributed by atoms with E-state index in [0.717, 1.165) is 43.1 Å². The Kier molecular flexibility index (Phi) is 4.26. The molecule has 0 saturated heterocycles. The maximum Gasteiger partial charge on any atom is 0.240 e. The van der Waals surface area contributed by atoms with E-state index in [2.05, 4.69) is 4.72 Å². The zero-order valence-electron chi connectivity index (χ0n) is 14.9. The summed E-state index contributed by atoms with van der Waals surface area (Å²) in [6, 6.07) is 5.08. The molecule has 0 aromatic heterocycles. The third-order valence-electron chi connectivity index (χ3n) is 6.78. The zero-order chi connectivity index (χ0) is 18.7. The predicted octanol–water partition coefficient (Wildman–Crippen LogP) is 2.22. The van der Waals surface area contributed by atoms with Gasteiger partial charge in [-0.05, 0) is 86.8 Å². The van der Waals surface area contributed by atoms with Crippen molar-refractivity contribution >= 4 is 20.0 Å². The molecule has 0 amide bonds. The smallest absolute Gasteiger partial charge is 0.225 e. The van der Waals surface area contributed by atoms with Crippen LogP contribution in [0.2, 0.25) is 0 Å². The molecule has 1 unspecified atom stereocenters. The third kappa shape index (κ3) is 3.21. The van der Waals surface area contributed by atoms with E-state index in [1.54, 1.807) is 0 Å². The van der Waals surface area contributed by atoms with Gasteiger partial charge >= 0.3 is 0 Å². The molecule has 0 radical (unpaired) electrons. The minimum Gasteiger partial charge on any atom is -0.225 e. The van der Waals surface area contributed by atoms with Crippen LogP contribution in [0.3, 0.4) is 0 Å². The van der Waals surface area contributed by atoms with Gasteiger partial charge in [0.05, 0.1) is 9.79 Å². The van der Waals surface area contributed by atoms with Crippen molar-refractivity contribution in [2.24, 2.45) is 28.3 Å². The molecule has 1 atom stereocenters. The molecule has 4 aliphatic rings. The first-order valence-corrected chi connectivity index (χ1v) is 12.3. The molecule has 0 aliphatic heterocycles. The first kappa shape index (κ1) is 18.4. The molecule has 6 nitrogen and oxygen atoms in total. The number of nitrogens with two attached hydrogens (primary N) is 1. The third-order valence-corrected chi connectivity index (χ3v) is 9.23. The van der Waals surface area contributed by atoms with Crippen molar-refractivity contribution in [1.29, 1.82) is 0 Å². The van der Waals surface area contributed by atoms with E-state index < -0.39 is 20.0 Å². The molecule has 1 aromatic rings. The average molecular weight is 399 g/mol. The number of hydrogen-bond donors (Lipinski definition) is 2. The SMILES string of the molecule is CC(NS(=O)(=O)c1cccc(S(N)(=O)=O)c1)C12CC3CC(CC(C3)C1)C2. The van der Waals surface area contributed by atoms with Crippen molar-refractivity contribution in [2.75, 3.05) is 0 Å². The van der Waals surface area contributed by atoms with Crippen LogP contribution in [-0.4, -0.2) is 22.9 Å². The predicted molar refractivity (Wildman–Crippen MR) is 98.2 cm³/mol. The topological polar surface area (TPSA) is 106 Å². The maximum absolute atomic E-state index is 12.9. The molecule has 4 saturated carbocycles. The van der Waals surface area contributed by atoms with E-state index in [9.17, 15) is 16.8 Å². The van der Waals surface area contributed by atoms with Crippen molar-refractivity contribution in [3.05, 3.63) is 24.3 Å². The monoisotopic (exact) mass is 398 g/mol. The number of nitrogens with one attached hydrogen (secondary N) is 1. The van der Waals surface area contributed by atoms with Crippen LogP contribution in [0.1, 0.15) is 45.4 Å². The number of benzene rings is 1.